The van der Waals surface area contributed by atoms with Crippen LogP contribution in [0.5, 0.6) is 0 Å². The van der Waals surface area contributed by atoms with Crippen LogP contribution in [0.25, 0.3) is 0 Å². The Balaban J connectivity index is 1.60. The molecular formula is C19H19F3N6. The van der Waals surface area contributed by atoms with Crippen molar-refractivity contribution >= 4 is 11.8 Å². The van der Waals surface area contributed by atoms with Crippen LogP contribution < -0.4 is 9.80 Å². The molecule has 1 atom stereocenters. The number of halogens is 3. The van der Waals surface area contributed by atoms with Gasteiger partial charge in [-0.1, -0.05) is 0 Å². The van der Waals surface area contributed by atoms with Crippen molar-refractivity contribution in [3.8, 4) is 6.07 Å². The van der Waals surface area contributed by atoms with Crippen LogP contribution in [0, 0.1) is 18.3 Å². The standard InChI is InChI=1S/C19H19F3N6/c1-12-2-3-13(10-23)17(25-12)27-9-7-15(11-27)28(14-4-5-14)18-24-8-6-16(26-18)19(20,21)22/h2-3,6,8,14-15H,4-5,7,9,11H2,1H3. The lowest BCUT2D eigenvalue weighted by atomic mass is 10.2. The maximum absolute atomic E-state index is 13.1. The summed E-state index contributed by atoms with van der Waals surface area (Å²) in [6.07, 6.45) is -0.744. The highest BCUT2D eigenvalue weighted by atomic mass is 19.4. The number of hydrogen-bond donors (Lipinski definition) is 0. The SMILES string of the molecule is Cc1ccc(C#N)c(N2CCC(N(c3nccc(C(F)(F)F)n3)C3CC3)C2)n1. The summed E-state index contributed by atoms with van der Waals surface area (Å²) in [7, 11) is 0. The van der Waals surface area contributed by atoms with Gasteiger partial charge in [0, 0.05) is 31.0 Å². The predicted octanol–water partition coefficient (Wildman–Crippen LogP) is 3.32. The van der Waals surface area contributed by atoms with Gasteiger partial charge in [0.1, 0.15) is 17.6 Å². The summed E-state index contributed by atoms with van der Waals surface area (Å²) < 4.78 is 39.2. The van der Waals surface area contributed by atoms with Crippen molar-refractivity contribution in [1.82, 2.24) is 15.0 Å². The number of aromatic nitrogens is 3. The molecule has 0 spiro atoms. The molecule has 4 rings (SSSR count). The summed E-state index contributed by atoms with van der Waals surface area (Å²) in [5, 5.41) is 9.37. The largest absolute Gasteiger partial charge is 0.433 e. The first-order valence-electron chi connectivity index (χ1n) is 9.18. The molecule has 1 aliphatic heterocycles. The van der Waals surface area contributed by atoms with Gasteiger partial charge in [0.2, 0.25) is 5.95 Å². The third-order valence-corrected chi connectivity index (χ3v) is 5.10. The van der Waals surface area contributed by atoms with Crippen molar-refractivity contribution in [2.24, 2.45) is 0 Å². The van der Waals surface area contributed by atoms with Gasteiger partial charge in [0.15, 0.2) is 0 Å². The van der Waals surface area contributed by atoms with E-state index in [2.05, 4.69) is 21.0 Å². The van der Waals surface area contributed by atoms with Gasteiger partial charge < -0.3 is 9.80 Å². The van der Waals surface area contributed by atoms with Gasteiger partial charge in [-0.15, -0.1) is 0 Å². The van der Waals surface area contributed by atoms with Crippen molar-refractivity contribution in [3.63, 3.8) is 0 Å². The molecule has 3 heterocycles. The summed E-state index contributed by atoms with van der Waals surface area (Å²) in [4.78, 5) is 16.4. The van der Waals surface area contributed by atoms with Gasteiger partial charge in [-0.05, 0) is 44.4 Å². The Morgan fingerprint density at radius 1 is 1.14 bits per heavy atom. The number of rotatable bonds is 4. The second-order valence-corrected chi connectivity index (χ2v) is 7.20. The monoisotopic (exact) mass is 388 g/mol. The van der Waals surface area contributed by atoms with E-state index in [-0.39, 0.29) is 18.0 Å². The fourth-order valence-electron chi connectivity index (χ4n) is 3.64. The summed E-state index contributed by atoms with van der Waals surface area (Å²) in [5.41, 5.74) is 0.391. The second-order valence-electron chi connectivity index (χ2n) is 7.20. The fourth-order valence-corrected chi connectivity index (χ4v) is 3.64. The van der Waals surface area contributed by atoms with E-state index < -0.39 is 11.9 Å². The van der Waals surface area contributed by atoms with E-state index in [0.717, 1.165) is 31.0 Å². The zero-order valence-electron chi connectivity index (χ0n) is 15.3. The minimum Gasteiger partial charge on any atom is -0.353 e. The molecule has 0 aromatic carbocycles. The highest BCUT2D eigenvalue weighted by Crippen LogP contribution is 2.36. The van der Waals surface area contributed by atoms with Crippen LogP contribution >= 0.6 is 0 Å². The molecule has 0 radical (unpaired) electrons. The summed E-state index contributed by atoms with van der Waals surface area (Å²) in [6, 6.07) is 6.74. The Bertz CT molecular complexity index is 919. The van der Waals surface area contributed by atoms with Crippen LogP contribution in [0.1, 0.15) is 36.2 Å². The molecule has 1 aliphatic carbocycles. The van der Waals surface area contributed by atoms with E-state index in [1.807, 2.05) is 16.7 Å². The maximum atomic E-state index is 13.1. The molecule has 2 aromatic rings. The fraction of sp³-hybridized carbons (Fsp3) is 0.474. The van der Waals surface area contributed by atoms with E-state index in [9.17, 15) is 18.4 Å². The van der Waals surface area contributed by atoms with Crippen molar-refractivity contribution in [1.29, 1.82) is 5.26 Å². The molecule has 1 saturated carbocycles. The number of nitriles is 1. The molecule has 9 heteroatoms. The van der Waals surface area contributed by atoms with Crippen molar-refractivity contribution < 1.29 is 13.2 Å². The van der Waals surface area contributed by atoms with Gasteiger partial charge in [-0.25, -0.2) is 15.0 Å². The predicted molar refractivity (Wildman–Crippen MR) is 96.8 cm³/mol. The highest BCUT2D eigenvalue weighted by Gasteiger charge is 2.41. The molecule has 6 nitrogen and oxygen atoms in total. The summed E-state index contributed by atoms with van der Waals surface area (Å²) in [6.45, 7) is 3.12. The quantitative estimate of drug-likeness (QED) is 0.800. The molecule has 0 amide bonds. The van der Waals surface area contributed by atoms with Gasteiger partial charge in [0.05, 0.1) is 11.6 Å². The van der Waals surface area contributed by atoms with Gasteiger partial charge in [-0.3, -0.25) is 0 Å². The highest BCUT2D eigenvalue weighted by molar-refractivity contribution is 5.56. The van der Waals surface area contributed by atoms with E-state index >= 15 is 0 Å². The average Bonchev–Trinajstić information content (AvgIpc) is 3.37. The first kappa shape index (κ1) is 18.5. The number of aryl methyl sites for hydroxylation is 1. The number of anilines is 2. The lowest BCUT2D eigenvalue weighted by Gasteiger charge is -2.29. The third kappa shape index (κ3) is 3.59. The van der Waals surface area contributed by atoms with Crippen LogP contribution in [-0.2, 0) is 6.18 Å². The molecule has 1 unspecified atom stereocenters. The smallest absolute Gasteiger partial charge is 0.353 e. The second kappa shape index (κ2) is 6.93. The third-order valence-electron chi connectivity index (χ3n) is 5.10. The first-order chi connectivity index (χ1) is 13.4. The van der Waals surface area contributed by atoms with E-state index in [1.165, 1.54) is 6.20 Å². The number of alkyl halides is 3. The van der Waals surface area contributed by atoms with E-state index in [1.54, 1.807) is 12.1 Å². The summed E-state index contributed by atoms with van der Waals surface area (Å²) in [5.74, 6) is 0.757. The van der Waals surface area contributed by atoms with Gasteiger partial charge in [-0.2, -0.15) is 18.4 Å². The summed E-state index contributed by atoms with van der Waals surface area (Å²) >= 11 is 0. The molecule has 146 valence electrons. The molecule has 2 aliphatic rings. The van der Waals surface area contributed by atoms with Gasteiger partial charge in [0.25, 0.3) is 0 Å². The van der Waals surface area contributed by atoms with E-state index in [0.29, 0.717) is 24.5 Å². The van der Waals surface area contributed by atoms with Crippen LogP contribution in [0.2, 0.25) is 0 Å². The molecule has 28 heavy (non-hydrogen) atoms. The van der Waals surface area contributed by atoms with Gasteiger partial charge >= 0.3 is 6.18 Å². The molecular weight excluding hydrogens is 369 g/mol. The van der Waals surface area contributed by atoms with Crippen LogP contribution in [0.4, 0.5) is 24.9 Å². The molecule has 0 bridgehead atoms. The zero-order valence-corrected chi connectivity index (χ0v) is 15.3. The Morgan fingerprint density at radius 2 is 1.93 bits per heavy atom. The Kier molecular flexibility index (Phi) is 4.57. The number of hydrogen-bond acceptors (Lipinski definition) is 6. The molecule has 0 N–H and O–H groups in total. The number of nitrogens with zero attached hydrogens (tertiary/aromatic N) is 6. The lowest BCUT2D eigenvalue weighted by Crippen LogP contribution is -2.41. The van der Waals surface area contributed by atoms with E-state index in [4.69, 9.17) is 0 Å². The normalized spacial score (nSPS) is 19.5. The minimum atomic E-state index is -4.50. The van der Waals surface area contributed by atoms with Crippen LogP contribution in [-0.4, -0.2) is 40.1 Å². The Morgan fingerprint density at radius 3 is 2.61 bits per heavy atom. The Hall–Kier alpha value is -2.89. The Labute approximate surface area is 160 Å². The average molecular weight is 388 g/mol. The first-order valence-corrected chi connectivity index (χ1v) is 9.18. The van der Waals surface area contributed by atoms with Crippen molar-refractivity contribution in [3.05, 3.63) is 41.3 Å². The minimum absolute atomic E-state index is 0.0233. The zero-order chi connectivity index (χ0) is 19.9. The van der Waals surface area contributed by atoms with Crippen LogP contribution in [0.15, 0.2) is 24.4 Å². The molecule has 2 aromatic heterocycles. The van der Waals surface area contributed by atoms with Crippen LogP contribution in [0.3, 0.4) is 0 Å². The maximum Gasteiger partial charge on any atom is 0.433 e. The topological polar surface area (TPSA) is 68.9 Å². The molecule has 1 saturated heterocycles. The molecule has 2 fully saturated rings. The van der Waals surface area contributed by atoms with Crippen molar-refractivity contribution in [2.45, 2.75) is 44.4 Å². The van der Waals surface area contributed by atoms with Crippen molar-refractivity contribution in [2.75, 3.05) is 22.9 Å². The lowest BCUT2D eigenvalue weighted by molar-refractivity contribution is -0.141. The number of pyridine rings is 1.